The summed E-state index contributed by atoms with van der Waals surface area (Å²) in [7, 11) is 0. The van der Waals surface area contributed by atoms with E-state index in [1.54, 1.807) is 0 Å². The minimum Gasteiger partial charge on any atom is -0.478 e. The molecule has 0 unspecified atom stereocenters. The van der Waals surface area contributed by atoms with E-state index in [-0.39, 0.29) is 5.57 Å². The molecule has 0 heterocycles. The van der Waals surface area contributed by atoms with E-state index in [2.05, 4.69) is 6.58 Å². The monoisotopic (exact) mass is 212 g/mol. The second kappa shape index (κ2) is 3.81. The first kappa shape index (κ1) is 10.4. The van der Waals surface area contributed by atoms with Crippen LogP contribution in [-0.4, -0.2) is 11.1 Å². The molecule has 0 saturated carbocycles. The van der Waals surface area contributed by atoms with Crippen LogP contribution in [0.4, 0.5) is 0 Å². The van der Waals surface area contributed by atoms with Gasteiger partial charge in [0.05, 0.1) is 5.57 Å². The van der Waals surface area contributed by atoms with Crippen molar-refractivity contribution in [1.82, 2.24) is 0 Å². The maximum atomic E-state index is 10.9. The van der Waals surface area contributed by atoms with Crippen LogP contribution in [-0.2, 0) is 4.79 Å². The lowest BCUT2D eigenvalue weighted by Crippen LogP contribution is -1.99. The molecular formula is C14H12O2. The van der Waals surface area contributed by atoms with Crippen LogP contribution in [0.2, 0.25) is 0 Å². The lowest BCUT2D eigenvalue weighted by molar-refractivity contribution is -0.130. The normalized spacial score (nSPS) is 10.3. The molecule has 0 bridgehead atoms. The Morgan fingerprint density at radius 3 is 2.38 bits per heavy atom. The lowest BCUT2D eigenvalue weighted by atomic mass is 9.96. The van der Waals surface area contributed by atoms with Crippen LogP contribution >= 0.6 is 0 Å². The first-order valence-electron chi connectivity index (χ1n) is 5.02. The fourth-order valence-electron chi connectivity index (χ4n) is 1.83. The predicted molar refractivity (Wildman–Crippen MR) is 65.4 cm³/mol. The molecule has 2 aromatic rings. The van der Waals surface area contributed by atoms with Gasteiger partial charge in [0.25, 0.3) is 0 Å². The number of hydrogen-bond donors (Lipinski definition) is 1. The minimum absolute atomic E-state index is 0.135. The maximum Gasteiger partial charge on any atom is 0.335 e. The van der Waals surface area contributed by atoms with Gasteiger partial charge in [-0.1, -0.05) is 43.0 Å². The Labute approximate surface area is 93.8 Å². The highest BCUT2D eigenvalue weighted by Gasteiger charge is 2.11. The summed E-state index contributed by atoms with van der Waals surface area (Å²) >= 11 is 0. The number of hydrogen-bond acceptors (Lipinski definition) is 1. The Morgan fingerprint density at radius 1 is 1.12 bits per heavy atom. The van der Waals surface area contributed by atoms with E-state index in [0.29, 0.717) is 5.56 Å². The van der Waals surface area contributed by atoms with Gasteiger partial charge in [0.2, 0.25) is 0 Å². The van der Waals surface area contributed by atoms with Crippen LogP contribution in [0.25, 0.3) is 16.3 Å². The third-order valence-electron chi connectivity index (χ3n) is 2.73. The number of aryl methyl sites for hydroxylation is 1. The Hall–Kier alpha value is -2.09. The molecule has 2 heteroatoms. The first-order chi connectivity index (χ1) is 7.61. The van der Waals surface area contributed by atoms with Crippen molar-refractivity contribution in [3.63, 3.8) is 0 Å². The van der Waals surface area contributed by atoms with E-state index < -0.39 is 5.97 Å². The minimum atomic E-state index is -0.978. The number of rotatable bonds is 2. The van der Waals surface area contributed by atoms with Gasteiger partial charge in [0.1, 0.15) is 0 Å². The predicted octanol–water partition coefficient (Wildman–Crippen LogP) is 3.25. The van der Waals surface area contributed by atoms with Gasteiger partial charge in [-0.25, -0.2) is 4.79 Å². The van der Waals surface area contributed by atoms with Crippen LogP contribution in [0.1, 0.15) is 11.1 Å². The quantitative estimate of drug-likeness (QED) is 0.776. The number of carbonyl (C=O) groups is 1. The zero-order chi connectivity index (χ0) is 11.7. The molecule has 2 aromatic carbocycles. The zero-order valence-corrected chi connectivity index (χ0v) is 9.03. The van der Waals surface area contributed by atoms with E-state index in [1.165, 1.54) is 0 Å². The Morgan fingerprint density at radius 2 is 1.75 bits per heavy atom. The lowest BCUT2D eigenvalue weighted by Gasteiger charge is -2.08. The smallest absolute Gasteiger partial charge is 0.335 e. The van der Waals surface area contributed by atoms with Crippen LogP contribution in [0.15, 0.2) is 43.0 Å². The number of aliphatic carboxylic acids is 1. The average molecular weight is 212 g/mol. The van der Waals surface area contributed by atoms with Crippen molar-refractivity contribution in [2.24, 2.45) is 0 Å². The Bertz CT molecular complexity index is 582. The highest BCUT2D eigenvalue weighted by molar-refractivity contribution is 6.18. The molecular weight excluding hydrogens is 200 g/mol. The summed E-state index contributed by atoms with van der Waals surface area (Å²) in [4.78, 5) is 10.9. The molecule has 0 aromatic heterocycles. The van der Waals surface area contributed by atoms with Crippen molar-refractivity contribution in [3.8, 4) is 0 Å². The van der Waals surface area contributed by atoms with Crippen molar-refractivity contribution in [2.45, 2.75) is 6.92 Å². The molecule has 0 atom stereocenters. The Kier molecular flexibility index (Phi) is 2.49. The molecule has 0 aliphatic rings. The topological polar surface area (TPSA) is 37.3 Å². The SMILES string of the molecule is C=C(C(=O)O)c1ccc(C)c2ccccc12. The van der Waals surface area contributed by atoms with Crippen molar-refractivity contribution >= 4 is 22.3 Å². The third kappa shape index (κ3) is 1.58. The van der Waals surface area contributed by atoms with Gasteiger partial charge in [0, 0.05) is 0 Å². The van der Waals surface area contributed by atoms with Crippen LogP contribution in [0, 0.1) is 6.92 Å². The number of fused-ring (bicyclic) bond motifs is 1. The van der Waals surface area contributed by atoms with Crippen LogP contribution in [0.3, 0.4) is 0 Å². The third-order valence-corrected chi connectivity index (χ3v) is 2.73. The van der Waals surface area contributed by atoms with E-state index >= 15 is 0 Å². The van der Waals surface area contributed by atoms with Crippen molar-refractivity contribution in [3.05, 3.63) is 54.1 Å². The summed E-state index contributed by atoms with van der Waals surface area (Å²) < 4.78 is 0. The average Bonchev–Trinajstić information content (AvgIpc) is 2.29. The van der Waals surface area contributed by atoms with E-state index in [4.69, 9.17) is 5.11 Å². The molecule has 0 spiro atoms. The molecule has 0 fully saturated rings. The largest absolute Gasteiger partial charge is 0.478 e. The summed E-state index contributed by atoms with van der Waals surface area (Å²) in [5, 5.41) is 11.0. The van der Waals surface area contributed by atoms with Crippen LogP contribution in [0.5, 0.6) is 0 Å². The molecule has 0 saturated heterocycles. The summed E-state index contributed by atoms with van der Waals surface area (Å²) in [5.41, 5.74) is 1.96. The van der Waals surface area contributed by atoms with Gasteiger partial charge < -0.3 is 5.11 Å². The van der Waals surface area contributed by atoms with Crippen molar-refractivity contribution in [2.75, 3.05) is 0 Å². The molecule has 0 aliphatic heterocycles. The highest BCUT2D eigenvalue weighted by Crippen LogP contribution is 2.26. The van der Waals surface area contributed by atoms with Gasteiger partial charge in [-0.2, -0.15) is 0 Å². The van der Waals surface area contributed by atoms with Gasteiger partial charge in [-0.05, 0) is 28.8 Å². The number of carboxylic acid groups (broad SMARTS) is 1. The van der Waals surface area contributed by atoms with E-state index in [1.807, 2.05) is 43.3 Å². The van der Waals surface area contributed by atoms with Gasteiger partial charge in [0.15, 0.2) is 0 Å². The fraction of sp³-hybridized carbons (Fsp3) is 0.0714. The molecule has 2 rings (SSSR count). The second-order valence-corrected chi connectivity index (χ2v) is 3.76. The highest BCUT2D eigenvalue weighted by atomic mass is 16.4. The molecule has 16 heavy (non-hydrogen) atoms. The summed E-state index contributed by atoms with van der Waals surface area (Å²) in [5.74, 6) is -0.978. The maximum absolute atomic E-state index is 10.9. The van der Waals surface area contributed by atoms with Gasteiger partial charge in [-0.3, -0.25) is 0 Å². The summed E-state index contributed by atoms with van der Waals surface area (Å²) in [6, 6.07) is 11.5. The van der Waals surface area contributed by atoms with Gasteiger partial charge >= 0.3 is 5.97 Å². The molecule has 1 N–H and O–H groups in total. The summed E-state index contributed by atoms with van der Waals surface area (Å²) in [6.07, 6.45) is 0. The summed E-state index contributed by atoms with van der Waals surface area (Å²) in [6.45, 7) is 5.61. The molecule has 0 amide bonds. The first-order valence-corrected chi connectivity index (χ1v) is 5.02. The van der Waals surface area contributed by atoms with Crippen molar-refractivity contribution in [1.29, 1.82) is 0 Å². The Balaban J connectivity index is 2.77. The zero-order valence-electron chi connectivity index (χ0n) is 9.03. The number of benzene rings is 2. The van der Waals surface area contributed by atoms with E-state index in [0.717, 1.165) is 16.3 Å². The van der Waals surface area contributed by atoms with Crippen LogP contribution < -0.4 is 0 Å². The molecule has 0 radical (unpaired) electrons. The number of carboxylic acids is 1. The fourth-order valence-corrected chi connectivity index (χ4v) is 1.83. The van der Waals surface area contributed by atoms with Gasteiger partial charge in [-0.15, -0.1) is 0 Å². The van der Waals surface area contributed by atoms with E-state index in [9.17, 15) is 4.79 Å². The molecule has 2 nitrogen and oxygen atoms in total. The van der Waals surface area contributed by atoms with Crippen molar-refractivity contribution < 1.29 is 9.90 Å². The molecule has 0 aliphatic carbocycles. The second-order valence-electron chi connectivity index (χ2n) is 3.76. The standard InChI is InChI=1S/C14H12O2/c1-9-7-8-12(10(2)14(15)16)13-6-4-3-5-11(9)13/h3-8H,2H2,1H3,(H,15,16). The molecule has 80 valence electrons.